The number of halogens is 3. The van der Waals surface area contributed by atoms with Gasteiger partial charge in [0.1, 0.15) is 5.15 Å². The first-order valence-electron chi connectivity index (χ1n) is 5.20. The zero-order valence-corrected chi connectivity index (χ0v) is 11.7. The van der Waals surface area contributed by atoms with Crippen molar-refractivity contribution in [1.29, 1.82) is 0 Å². The zero-order chi connectivity index (χ0) is 13.8. The van der Waals surface area contributed by atoms with E-state index in [1.165, 1.54) is 6.20 Å². The van der Waals surface area contributed by atoms with Gasteiger partial charge < -0.3 is 0 Å². The lowest BCUT2D eigenvalue weighted by Crippen LogP contribution is -2.29. The molecule has 0 spiro atoms. The molecular formula is C12H8Cl3N3O. The predicted molar refractivity (Wildman–Crippen MR) is 76.8 cm³/mol. The maximum Gasteiger partial charge on any atom is 0.272 e. The van der Waals surface area contributed by atoms with E-state index >= 15 is 0 Å². The number of benzene rings is 1. The highest BCUT2D eigenvalue weighted by atomic mass is 35.5. The minimum atomic E-state index is -0.422. The molecule has 2 rings (SSSR count). The number of aromatic nitrogens is 1. The molecule has 0 aliphatic rings. The molecule has 0 aliphatic carbocycles. The van der Waals surface area contributed by atoms with E-state index in [-0.39, 0.29) is 10.7 Å². The van der Waals surface area contributed by atoms with Crippen LogP contribution in [-0.2, 0) is 0 Å². The first-order valence-corrected chi connectivity index (χ1v) is 6.33. The first-order chi connectivity index (χ1) is 9.08. The van der Waals surface area contributed by atoms with E-state index in [1.54, 1.807) is 30.3 Å². The Morgan fingerprint density at radius 3 is 2.68 bits per heavy atom. The second kappa shape index (κ2) is 6.10. The minimum Gasteiger partial charge on any atom is -0.297 e. The highest BCUT2D eigenvalue weighted by Gasteiger charge is 2.10. The number of nitrogens with zero attached hydrogens (tertiary/aromatic N) is 1. The average Bonchev–Trinajstić information content (AvgIpc) is 2.40. The van der Waals surface area contributed by atoms with Crippen LogP contribution in [0.5, 0.6) is 0 Å². The number of anilines is 1. The molecule has 1 aromatic heterocycles. The van der Waals surface area contributed by atoms with Gasteiger partial charge in [0.05, 0.1) is 16.3 Å². The number of hydrogen-bond donors (Lipinski definition) is 2. The van der Waals surface area contributed by atoms with Crippen molar-refractivity contribution >= 4 is 46.4 Å². The standard InChI is InChI=1S/C12H8Cl3N3O/c13-7-3-4-9(14)10(6-7)17-18-12(19)8-2-1-5-16-11(8)15/h1-6,17H,(H,18,19). The summed E-state index contributed by atoms with van der Waals surface area (Å²) in [7, 11) is 0. The van der Waals surface area contributed by atoms with Gasteiger partial charge in [-0.15, -0.1) is 0 Å². The lowest BCUT2D eigenvalue weighted by atomic mass is 10.3. The van der Waals surface area contributed by atoms with Crippen molar-refractivity contribution in [2.24, 2.45) is 0 Å². The number of pyridine rings is 1. The van der Waals surface area contributed by atoms with Gasteiger partial charge in [-0.1, -0.05) is 34.8 Å². The summed E-state index contributed by atoms with van der Waals surface area (Å²) in [6.45, 7) is 0. The molecule has 0 atom stereocenters. The number of carbonyl (C=O) groups is 1. The molecule has 2 aromatic rings. The van der Waals surface area contributed by atoms with Crippen LogP contribution in [0.15, 0.2) is 36.5 Å². The van der Waals surface area contributed by atoms with Crippen molar-refractivity contribution in [2.75, 3.05) is 5.43 Å². The molecule has 0 unspecified atom stereocenters. The van der Waals surface area contributed by atoms with Crippen LogP contribution in [0.25, 0.3) is 0 Å². The number of hydrogen-bond acceptors (Lipinski definition) is 3. The van der Waals surface area contributed by atoms with Crippen LogP contribution in [0, 0.1) is 0 Å². The predicted octanol–water partition coefficient (Wildman–Crippen LogP) is 3.80. The number of hydrazine groups is 1. The van der Waals surface area contributed by atoms with Crippen LogP contribution in [-0.4, -0.2) is 10.9 Å². The van der Waals surface area contributed by atoms with Crippen LogP contribution in [0.1, 0.15) is 10.4 Å². The van der Waals surface area contributed by atoms with Crippen molar-refractivity contribution in [3.63, 3.8) is 0 Å². The molecule has 0 saturated carbocycles. The lowest BCUT2D eigenvalue weighted by molar-refractivity contribution is 0.0962. The van der Waals surface area contributed by atoms with Crippen molar-refractivity contribution < 1.29 is 4.79 Å². The van der Waals surface area contributed by atoms with E-state index in [2.05, 4.69) is 15.8 Å². The topological polar surface area (TPSA) is 54.0 Å². The molecule has 0 aliphatic heterocycles. The third-order valence-electron chi connectivity index (χ3n) is 2.24. The van der Waals surface area contributed by atoms with Crippen molar-refractivity contribution in [1.82, 2.24) is 10.4 Å². The lowest BCUT2D eigenvalue weighted by Gasteiger charge is -2.10. The van der Waals surface area contributed by atoms with E-state index in [0.29, 0.717) is 15.7 Å². The minimum absolute atomic E-state index is 0.124. The molecule has 0 fully saturated rings. The van der Waals surface area contributed by atoms with Gasteiger partial charge in [-0.3, -0.25) is 15.6 Å². The summed E-state index contributed by atoms with van der Waals surface area (Å²) in [6.07, 6.45) is 1.50. The smallest absolute Gasteiger partial charge is 0.272 e. The Bertz CT molecular complexity index is 619. The molecule has 1 aromatic carbocycles. The monoisotopic (exact) mass is 315 g/mol. The molecule has 1 heterocycles. The van der Waals surface area contributed by atoms with Crippen LogP contribution in [0.3, 0.4) is 0 Å². The molecular weight excluding hydrogens is 309 g/mol. The number of carbonyl (C=O) groups excluding carboxylic acids is 1. The Balaban J connectivity index is 2.09. The van der Waals surface area contributed by atoms with Crippen LogP contribution in [0.2, 0.25) is 15.2 Å². The molecule has 1 amide bonds. The van der Waals surface area contributed by atoms with Gasteiger partial charge in [0, 0.05) is 11.2 Å². The van der Waals surface area contributed by atoms with E-state index in [9.17, 15) is 4.79 Å². The summed E-state index contributed by atoms with van der Waals surface area (Å²) in [4.78, 5) is 15.7. The maximum atomic E-state index is 11.9. The third-order valence-corrected chi connectivity index (χ3v) is 3.11. The van der Waals surface area contributed by atoms with Gasteiger partial charge in [-0.2, -0.15) is 0 Å². The zero-order valence-electron chi connectivity index (χ0n) is 9.45. The quantitative estimate of drug-likeness (QED) is 0.669. The Labute approximate surface area is 124 Å². The van der Waals surface area contributed by atoms with Crippen molar-refractivity contribution in [3.05, 3.63) is 57.3 Å². The largest absolute Gasteiger partial charge is 0.297 e. The Morgan fingerprint density at radius 1 is 1.16 bits per heavy atom. The van der Waals surface area contributed by atoms with Crippen molar-refractivity contribution in [3.8, 4) is 0 Å². The summed E-state index contributed by atoms with van der Waals surface area (Å²) in [5, 5.41) is 1.06. The van der Waals surface area contributed by atoms with Crippen LogP contribution >= 0.6 is 34.8 Å². The normalized spacial score (nSPS) is 10.1. The van der Waals surface area contributed by atoms with Gasteiger partial charge in [0.2, 0.25) is 0 Å². The maximum absolute atomic E-state index is 11.9. The Morgan fingerprint density at radius 2 is 1.95 bits per heavy atom. The summed E-state index contributed by atoms with van der Waals surface area (Å²) < 4.78 is 0. The SMILES string of the molecule is O=C(NNc1cc(Cl)ccc1Cl)c1cccnc1Cl. The van der Waals surface area contributed by atoms with Crippen LogP contribution < -0.4 is 10.9 Å². The molecule has 0 bridgehead atoms. The molecule has 0 radical (unpaired) electrons. The summed E-state index contributed by atoms with van der Waals surface area (Å²) in [6, 6.07) is 8.04. The highest BCUT2D eigenvalue weighted by molar-refractivity contribution is 6.35. The fourth-order valence-electron chi connectivity index (χ4n) is 1.34. The highest BCUT2D eigenvalue weighted by Crippen LogP contribution is 2.24. The first kappa shape index (κ1) is 13.9. The molecule has 7 heteroatoms. The third kappa shape index (κ3) is 3.50. The van der Waals surface area contributed by atoms with E-state index in [1.807, 2.05) is 0 Å². The second-order valence-corrected chi connectivity index (χ2v) is 4.75. The Kier molecular flexibility index (Phi) is 4.47. The molecule has 98 valence electrons. The second-order valence-electron chi connectivity index (χ2n) is 3.55. The number of amides is 1. The van der Waals surface area contributed by atoms with Crippen LogP contribution in [0.4, 0.5) is 5.69 Å². The van der Waals surface area contributed by atoms with Gasteiger partial charge in [0.15, 0.2) is 0 Å². The van der Waals surface area contributed by atoms with Gasteiger partial charge in [-0.05, 0) is 30.3 Å². The molecule has 4 nitrogen and oxygen atoms in total. The number of rotatable bonds is 3. The fourth-order valence-corrected chi connectivity index (χ4v) is 1.88. The van der Waals surface area contributed by atoms with E-state index in [4.69, 9.17) is 34.8 Å². The van der Waals surface area contributed by atoms with E-state index in [0.717, 1.165) is 0 Å². The Hall–Kier alpha value is -1.49. The average molecular weight is 317 g/mol. The molecule has 19 heavy (non-hydrogen) atoms. The van der Waals surface area contributed by atoms with E-state index < -0.39 is 5.91 Å². The van der Waals surface area contributed by atoms with Gasteiger partial charge >= 0.3 is 0 Å². The summed E-state index contributed by atoms with van der Waals surface area (Å²) in [5.74, 6) is -0.422. The molecule has 0 saturated heterocycles. The summed E-state index contributed by atoms with van der Waals surface area (Å²) in [5.41, 5.74) is 5.89. The van der Waals surface area contributed by atoms with Gasteiger partial charge in [-0.25, -0.2) is 4.98 Å². The number of nitrogens with one attached hydrogen (secondary N) is 2. The fraction of sp³-hybridized carbons (Fsp3) is 0. The summed E-state index contributed by atoms with van der Waals surface area (Å²) >= 11 is 17.6. The van der Waals surface area contributed by atoms with Crippen molar-refractivity contribution in [2.45, 2.75) is 0 Å². The molecule has 2 N–H and O–H groups in total. The van der Waals surface area contributed by atoms with Gasteiger partial charge in [0.25, 0.3) is 5.91 Å².